The molecular formula is C18H17ClN2O6. The van der Waals surface area contributed by atoms with E-state index < -0.39 is 29.5 Å². The van der Waals surface area contributed by atoms with E-state index in [1.54, 1.807) is 31.2 Å². The molecule has 1 unspecified atom stereocenters. The molecule has 8 nitrogen and oxygen atoms in total. The molecular weight excluding hydrogens is 376 g/mol. The fourth-order valence-corrected chi connectivity index (χ4v) is 2.40. The van der Waals surface area contributed by atoms with Crippen LogP contribution in [0, 0.1) is 17.0 Å². The molecule has 1 N–H and O–H groups in total. The highest BCUT2D eigenvalue weighted by molar-refractivity contribution is 6.30. The number of hydrogen-bond acceptors (Lipinski definition) is 6. The van der Waals surface area contributed by atoms with Crippen LogP contribution in [-0.2, 0) is 14.3 Å². The van der Waals surface area contributed by atoms with Gasteiger partial charge in [-0.3, -0.25) is 14.9 Å². The summed E-state index contributed by atoms with van der Waals surface area (Å²) >= 11 is 5.85. The number of ether oxygens (including phenoxy) is 2. The summed E-state index contributed by atoms with van der Waals surface area (Å²) in [6.45, 7) is 2.73. The number of aryl methyl sites for hydroxylation is 1. The Bertz CT molecular complexity index is 871. The molecule has 0 spiro atoms. The van der Waals surface area contributed by atoms with Gasteiger partial charge in [-0.2, -0.15) is 0 Å². The fourth-order valence-electron chi connectivity index (χ4n) is 2.17. The van der Waals surface area contributed by atoms with Crippen molar-refractivity contribution in [2.45, 2.75) is 20.0 Å². The first-order valence-corrected chi connectivity index (χ1v) is 8.28. The maximum absolute atomic E-state index is 12.1. The van der Waals surface area contributed by atoms with Crippen LogP contribution >= 0.6 is 11.6 Å². The quantitative estimate of drug-likeness (QED) is 0.439. The highest BCUT2D eigenvalue weighted by Crippen LogP contribution is 2.24. The van der Waals surface area contributed by atoms with Crippen LogP contribution in [0.25, 0.3) is 0 Å². The van der Waals surface area contributed by atoms with E-state index in [0.717, 1.165) is 5.56 Å². The number of nitrogens with one attached hydrogen (secondary N) is 1. The number of rotatable bonds is 7. The van der Waals surface area contributed by atoms with E-state index in [1.807, 2.05) is 0 Å². The Kier molecular flexibility index (Phi) is 6.73. The van der Waals surface area contributed by atoms with Gasteiger partial charge in [-0.05, 0) is 43.7 Å². The van der Waals surface area contributed by atoms with Crippen molar-refractivity contribution in [3.63, 3.8) is 0 Å². The van der Waals surface area contributed by atoms with Gasteiger partial charge in [0.25, 0.3) is 11.6 Å². The van der Waals surface area contributed by atoms with E-state index in [1.165, 1.54) is 25.1 Å². The average molecular weight is 393 g/mol. The summed E-state index contributed by atoms with van der Waals surface area (Å²) in [5.41, 5.74) is 0.506. The van der Waals surface area contributed by atoms with Gasteiger partial charge in [-0.15, -0.1) is 0 Å². The summed E-state index contributed by atoms with van der Waals surface area (Å²) in [6.07, 6.45) is -1.16. The Morgan fingerprint density at radius 1 is 1.26 bits per heavy atom. The number of nitrogens with zero attached hydrogens (tertiary/aromatic N) is 1. The zero-order chi connectivity index (χ0) is 20.0. The van der Waals surface area contributed by atoms with Gasteiger partial charge in [-0.1, -0.05) is 23.7 Å². The summed E-state index contributed by atoms with van der Waals surface area (Å²) in [6, 6.07) is 10.6. The number of esters is 1. The van der Waals surface area contributed by atoms with Crippen LogP contribution in [0.3, 0.4) is 0 Å². The highest BCUT2D eigenvalue weighted by Gasteiger charge is 2.21. The van der Waals surface area contributed by atoms with Crippen LogP contribution in [0.5, 0.6) is 5.75 Å². The molecule has 0 radical (unpaired) electrons. The Balaban J connectivity index is 1.90. The Labute approximate surface area is 160 Å². The molecule has 0 fully saturated rings. The molecule has 2 rings (SSSR count). The van der Waals surface area contributed by atoms with Crippen molar-refractivity contribution in [3.8, 4) is 5.75 Å². The molecule has 0 aliphatic rings. The van der Waals surface area contributed by atoms with Crippen molar-refractivity contribution in [3.05, 3.63) is 63.2 Å². The first-order valence-electron chi connectivity index (χ1n) is 7.90. The Morgan fingerprint density at radius 2 is 1.96 bits per heavy atom. The standard InChI is InChI=1S/C18H17ClN2O6/c1-11-9-13(19)7-8-16(11)26-10-17(22)27-12(2)18(23)20-14-5-3-4-6-15(14)21(24)25/h3-9,12H,10H2,1-2H3,(H,20,23). The molecule has 0 heterocycles. The minimum absolute atomic E-state index is 0.0171. The van der Waals surface area contributed by atoms with E-state index in [4.69, 9.17) is 21.1 Å². The molecule has 0 aromatic heterocycles. The summed E-state index contributed by atoms with van der Waals surface area (Å²) in [7, 11) is 0. The number of halogens is 1. The molecule has 27 heavy (non-hydrogen) atoms. The molecule has 0 aliphatic heterocycles. The smallest absolute Gasteiger partial charge is 0.344 e. The molecule has 0 bridgehead atoms. The number of hydrogen-bond donors (Lipinski definition) is 1. The topological polar surface area (TPSA) is 108 Å². The molecule has 2 aromatic rings. The minimum atomic E-state index is -1.16. The predicted molar refractivity (Wildman–Crippen MR) is 99.0 cm³/mol. The van der Waals surface area contributed by atoms with Crippen LogP contribution < -0.4 is 10.1 Å². The summed E-state index contributed by atoms with van der Waals surface area (Å²) in [5, 5.41) is 13.9. The predicted octanol–water partition coefficient (Wildman–Crippen LogP) is 3.51. The molecule has 2 aromatic carbocycles. The van der Waals surface area contributed by atoms with Crippen LogP contribution in [0.1, 0.15) is 12.5 Å². The number of anilines is 1. The van der Waals surface area contributed by atoms with Crippen molar-refractivity contribution >= 4 is 34.9 Å². The Hall–Kier alpha value is -3.13. The lowest BCUT2D eigenvalue weighted by atomic mass is 10.2. The van der Waals surface area contributed by atoms with Crippen LogP contribution in [0.2, 0.25) is 5.02 Å². The zero-order valence-corrected chi connectivity index (χ0v) is 15.4. The number of amides is 1. The number of nitro benzene ring substituents is 1. The number of nitro groups is 1. The van der Waals surface area contributed by atoms with E-state index in [0.29, 0.717) is 10.8 Å². The Morgan fingerprint density at radius 3 is 2.63 bits per heavy atom. The second kappa shape index (κ2) is 9.00. The fraction of sp³-hybridized carbons (Fsp3) is 0.222. The maximum atomic E-state index is 12.1. The molecule has 0 saturated heterocycles. The third-order valence-corrected chi connectivity index (χ3v) is 3.75. The number of benzene rings is 2. The largest absolute Gasteiger partial charge is 0.482 e. The van der Waals surface area contributed by atoms with E-state index in [2.05, 4.69) is 5.32 Å². The maximum Gasteiger partial charge on any atom is 0.344 e. The van der Waals surface area contributed by atoms with Crippen molar-refractivity contribution in [1.82, 2.24) is 0 Å². The van der Waals surface area contributed by atoms with Crippen LogP contribution in [-0.4, -0.2) is 29.5 Å². The van der Waals surface area contributed by atoms with E-state index in [9.17, 15) is 19.7 Å². The van der Waals surface area contributed by atoms with Crippen LogP contribution in [0.15, 0.2) is 42.5 Å². The van der Waals surface area contributed by atoms with Crippen molar-refractivity contribution < 1.29 is 24.0 Å². The summed E-state index contributed by atoms with van der Waals surface area (Å²) in [4.78, 5) is 34.3. The summed E-state index contributed by atoms with van der Waals surface area (Å²) < 4.78 is 10.3. The van der Waals surface area contributed by atoms with Gasteiger partial charge < -0.3 is 14.8 Å². The SMILES string of the molecule is Cc1cc(Cl)ccc1OCC(=O)OC(C)C(=O)Nc1ccccc1[N+](=O)[O-]. The zero-order valence-electron chi connectivity index (χ0n) is 14.6. The van der Waals surface area contributed by atoms with Crippen molar-refractivity contribution in [2.24, 2.45) is 0 Å². The molecule has 0 saturated carbocycles. The number of carbonyl (C=O) groups excluding carboxylic acids is 2. The molecule has 0 aliphatic carbocycles. The third kappa shape index (κ3) is 5.68. The highest BCUT2D eigenvalue weighted by atomic mass is 35.5. The molecule has 9 heteroatoms. The normalized spacial score (nSPS) is 11.4. The van der Waals surface area contributed by atoms with Gasteiger partial charge in [0.15, 0.2) is 12.7 Å². The molecule has 1 amide bonds. The van der Waals surface area contributed by atoms with Gasteiger partial charge in [-0.25, -0.2) is 4.79 Å². The number of carbonyl (C=O) groups is 2. The first-order chi connectivity index (χ1) is 12.8. The minimum Gasteiger partial charge on any atom is -0.482 e. The van der Waals surface area contributed by atoms with Gasteiger partial charge in [0.2, 0.25) is 0 Å². The van der Waals surface area contributed by atoms with Crippen molar-refractivity contribution in [1.29, 1.82) is 0 Å². The lowest BCUT2D eigenvalue weighted by molar-refractivity contribution is -0.383. The van der Waals surface area contributed by atoms with Crippen molar-refractivity contribution in [2.75, 3.05) is 11.9 Å². The van der Waals surface area contributed by atoms with E-state index >= 15 is 0 Å². The lowest BCUT2D eigenvalue weighted by Crippen LogP contribution is -2.31. The van der Waals surface area contributed by atoms with Gasteiger partial charge >= 0.3 is 5.97 Å². The van der Waals surface area contributed by atoms with Gasteiger partial charge in [0, 0.05) is 11.1 Å². The molecule has 1 atom stereocenters. The average Bonchev–Trinajstić information content (AvgIpc) is 2.61. The second-order valence-electron chi connectivity index (χ2n) is 5.59. The van der Waals surface area contributed by atoms with Gasteiger partial charge in [0.1, 0.15) is 11.4 Å². The summed E-state index contributed by atoms with van der Waals surface area (Å²) in [5.74, 6) is -0.983. The van der Waals surface area contributed by atoms with E-state index in [-0.39, 0.29) is 11.4 Å². The second-order valence-corrected chi connectivity index (χ2v) is 6.03. The monoisotopic (exact) mass is 392 g/mol. The lowest BCUT2D eigenvalue weighted by Gasteiger charge is -2.14. The molecule has 142 valence electrons. The van der Waals surface area contributed by atoms with Crippen LogP contribution in [0.4, 0.5) is 11.4 Å². The first kappa shape index (κ1) is 20.2. The van der Waals surface area contributed by atoms with Gasteiger partial charge in [0.05, 0.1) is 4.92 Å². The third-order valence-electron chi connectivity index (χ3n) is 3.52. The number of para-hydroxylation sites is 2.